The molecule has 0 heterocycles. The highest BCUT2D eigenvalue weighted by molar-refractivity contribution is 6.02. The summed E-state index contributed by atoms with van der Waals surface area (Å²) in [6, 6.07) is 10.6. The van der Waals surface area contributed by atoms with Crippen LogP contribution in [-0.2, 0) is 4.79 Å². The lowest BCUT2D eigenvalue weighted by atomic mass is 10.1. The first-order chi connectivity index (χ1) is 14.2. The first-order valence-electron chi connectivity index (χ1n) is 9.98. The van der Waals surface area contributed by atoms with Crippen LogP contribution >= 0.6 is 0 Å². The number of anilines is 1. The molecule has 3 amide bonds. The molecule has 7 heteroatoms. The van der Waals surface area contributed by atoms with E-state index in [0.717, 1.165) is 11.1 Å². The number of rotatable bonds is 8. The Morgan fingerprint density at radius 3 is 2.37 bits per heavy atom. The third kappa shape index (κ3) is 7.24. The lowest BCUT2D eigenvalue weighted by molar-refractivity contribution is -0.121. The maximum Gasteiger partial charge on any atom is 0.325 e. The normalized spacial score (nSPS) is 12.1. The van der Waals surface area contributed by atoms with Gasteiger partial charge in [0.2, 0.25) is 5.91 Å². The number of hydrogen-bond donors (Lipinski definition) is 3. The monoisotopic (exact) mass is 415 g/mol. The molecule has 2 aromatic carbocycles. The highest BCUT2D eigenvalue weighted by atomic mass is 19.1. The van der Waals surface area contributed by atoms with Crippen molar-refractivity contribution in [3.05, 3.63) is 65.0 Å². The predicted octanol–water partition coefficient (Wildman–Crippen LogP) is 3.78. The molecule has 2 aromatic rings. The molecule has 0 aliphatic heterocycles. The quantitative estimate of drug-likeness (QED) is 0.613. The van der Waals surface area contributed by atoms with Gasteiger partial charge in [0.15, 0.2) is 0 Å². The van der Waals surface area contributed by atoms with E-state index in [4.69, 9.17) is 0 Å². The second kappa shape index (κ2) is 10.8. The average molecular weight is 416 g/mol. The van der Waals surface area contributed by atoms with Crippen LogP contribution in [0.15, 0.2) is 42.5 Å². The molecule has 0 spiro atoms. The summed E-state index contributed by atoms with van der Waals surface area (Å²) in [5.41, 5.74) is 3.19. The number of aliphatic hydroxyl groups excluding tert-OH is 1. The van der Waals surface area contributed by atoms with E-state index in [1.54, 1.807) is 11.0 Å². The summed E-state index contributed by atoms with van der Waals surface area (Å²) in [5.74, 6) is -0.592. The van der Waals surface area contributed by atoms with Crippen LogP contribution < -0.4 is 10.6 Å². The van der Waals surface area contributed by atoms with Crippen LogP contribution in [0.4, 0.5) is 14.9 Å². The van der Waals surface area contributed by atoms with Crippen molar-refractivity contribution in [1.29, 1.82) is 0 Å². The fraction of sp³-hybridized carbons (Fsp3) is 0.391. The molecule has 2 rings (SSSR count). The number of carbonyl (C=O) groups excluding carboxylic acids is 2. The first kappa shape index (κ1) is 23.5. The zero-order chi connectivity index (χ0) is 22.3. The molecule has 30 heavy (non-hydrogen) atoms. The van der Waals surface area contributed by atoms with Gasteiger partial charge in [-0.3, -0.25) is 15.0 Å². The summed E-state index contributed by atoms with van der Waals surface area (Å²) in [7, 11) is 0. The Labute approximate surface area is 177 Å². The van der Waals surface area contributed by atoms with Crippen molar-refractivity contribution in [2.75, 3.05) is 25.0 Å². The summed E-state index contributed by atoms with van der Waals surface area (Å²) in [6.07, 6.45) is -0.874. The Kier molecular flexibility index (Phi) is 8.50. The fourth-order valence-corrected chi connectivity index (χ4v) is 3.16. The summed E-state index contributed by atoms with van der Waals surface area (Å²) < 4.78 is 13.1. The second-order valence-corrected chi connectivity index (χ2v) is 7.91. The SMILES string of the molecule is Cc1cccc(NC(=O)NC(=O)CN(CC(C)C)CC(O)c2ccc(F)cc2)c1C. The molecule has 1 unspecified atom stereocenters. The maximum atomic E-state index is 13.1. The first-order valence-corrected chi connectivity index (χ1v) is 9.98. The van der Waals surface area contributed by atoms with E-state index < -0.39 is 18.0 Å². The van der Waals surface area contributed by atoms with E-state index in [2.05, 4.69) is 10.6 Å². The summed E-state index contributed by atoms with van der Waals surface area (Å²) in [4.78, 5) is 26.4. The van der Waals surface area contributed by atoms with Crippen molar-refractivity contribution in [1.82, 2.24) is 10.2 Å². The summed E-state index contributed by atoms with van der Waals surface area (Å²) >= 11 is 0. The maximum absolute atomic E-state index is 13.1. The number of aliphatic hydroxyl groups is 1. The van der Waals surface area contributed by atoms with E-state index in [-0.39, 0.29) is 24.8 Å². The lowest BCUT2D eigenvalue weighted by Crippen LogP contribution is -2.44. The molecule has 0 bridgehead atoms. The number of halogens is 1. The summed E-state index contributed by atoms with van der Waals surface area (Å²) in [5, 5.41) is 15.5. The number of urea groups is 1. The van der Waals surface area contributed by atoms with E-state index in [9.17, 15) is 19.1 Å². The number of aryl methyl sites for hydroxylation is 1. The topological polar surface area (TPSA) is 81.7 Å². The van der Waals surface area contributed by atoms with Crippen molar-refractivity contribution < 1.29 is 19.1 Å². The molecular formula is C23H30FN3O3. The highest BCUT2D eigenvalue weighted by Gasteiger charge is 2.19. The molecule has 1 atom stereocenters. The van der Waals surface area contributed by atoms with Crippen molar-refractivity contribution >= 4 is 17.6 Å². The zero-order valence-corrected chi connectivity index (χ0v) is 17.9. The van der Waals surface area contributed by atoms with Gasteiger partial charge in [-0.05, 0) is 54.7 Å². The fourth-order valence-electron chi connectivity index (χ4n) is 3.16. The van der Waals surface area contributed by atoms with Crippen molar-refractivity contribution in [2.24, 2.45) is 5.92 Å². The Hall–Kier alpha value is -2.77. The van der Waals surface area contributed by atoms with Gasteiger partial charge in [-0.2, -0.15) is 0 Å². The lowest BCUT2D eigenvalue weighted by Gasteiger charge is -2.26. The molecule has 3 N–H and O–H groups in total. The Bertz CT molecular complexity index is 868. The standard InChI is InChI=1S/C23H30FN3O3/c1-15(2)12-27(13-21(28)18-8-10-19(24)11-9-18)14-22(29)26-23(30)25-20-7-5-6-16(3)17(20)4/h5-11,15,21,28H,12-14H2,1-4H3,(H2,25,26,29,30). The van der Waals surface area contributed by atoms with E-state index in [0.29, 0.717) is 17.8 Å². The number of carbonyl (C=O) groups is 2. The van der Waals surface area contributed by atoms with Gasteiger partial charge in [-0.15, -0.1) is 0 Å². The molecule has 0 aromatic heterocycles. The van der Waals surface area contributed by atoms with E-state index in [1.807, 2.05) is 39.8 Å². The van der Waals surface area contributed by atoms with Crippen LogP contribution in [0, 0.1) is 25.6 Å². The van der Waals surface area contributed by atoms with Crippen molar-refractivity contribution in [3.63, 3.8) is 0 Å². The van der Waals surface area contributed by atoms with Crippen LogP contribution in [-0.4, -0.2) is 41.6 Å². The third-order valence-electron chi connectivity index (χ3n) is 4.78. The second-order valence-electron chi connectivity index (χ2n) is 7.91. The Morgan fingerprint density at radius 2 is 1.73 bits per heavy atom. The van der Waals surface area contributed by atoms with Crippen LogP contribution in [0.1, 0.15) is 36.6 Å². The molecule has 6 nitrogen and oxygen atoms in total. The molecule has 0 aliphatic carbocycles. The van der Waals surface area contributed by atoms with Gasteiger partial charge in [0, 0.05) is 18.8 Å². The Morgan fingerprint density at radius 1 is 1.07 bits per heavy atom. The number of nitrogens with one attached hydrogen (secondary N) is 2. The van der Waals surface area contributed by atoms with Crippen molar-refractivity contribution in [3.8, 4) is 0 Å². The molecule has 0 aliphatic rings. The van der Waals surface area contributed by atoms with Gasteiger partial charge in [0.25, 0.3) is 0 Å². The van der Waals surface area contributed by atoms with Gasteiger partial charge >= 0.3 is 6.03 Å². The number of amides is 3. The van der Waals surface area contributed by atoms with Crippen LogP contribution in [0.3, 0.4) is 0 Å². The molecule has 162 valence electrons. The number of benzene rings is 2. The minimum absolute atomic E-state index is 0.0450. The van der Waals surface area contributed by atoms with Gasteiger partial charge < -0.3 is 10.4 Å². The number of hydrogen-bond acceptors (Lipinski definition) is 4. The minimum atomic E-state index is -0.874. The van der Waals surface area contributed by atoms with Gasteiger partial charge in [0.1, 0.15) is 5.82 Å². The number of imide groups is 1. The van der Waals surface area contributed by atoms with E-state index >= 15 is 0 Å². The molecule has 0 radical (unpaired) electrons. The largest absolute Gasteiger partial charge is 0.387 e. The average Bonchev–Trinajstić information content (AvgIpc) is 2.65. The highest BCUT2D eigenvalue weighted by Crippen LogP contribution is 2.18. The predicted molar refractivity (Wildman–Crippen MR) is 116 cm³/mol. The van der Waals surface area contributed by atoms with Gasteiger partial charge in [0.05, 0.1) is 12.6 Å². The number of nitrogens with zero attached hydrogens (tertiary/aromatic N) is 1. The molecule has 0 saturated heterocycles. The smallest absolute Gasteiger partial charge is 0.325 e. The summed E-state index contributed by atoms with van der Waals surface area (Å²) in [6.45, 7) is 8.55. The van der Waals surface area contributed by atoms with Crippen molar-refractivity contribution in [2.45, 2.75) is 33.8 Å². The molecular weight excluding hydrogens is 385 g/mol. The van der Waals surface area contributed by atoms with Crippen LogP contribution in [0.5, 0.6) is 0 Å². The van der Waals surface area contributed by atoms with Gasteiger partial charge in [-0.1, -0.05) is 38.1 Å². The molecule has 0 fully saturated rings. The Balaban J connectivity index is 1.96. The van der Waals surface area contributed by atoms with Crippen LogP contribution in [0.25, 0.3) is 0 Å². The van der Waals surface area contributed by atoms with E-state index in [1.165, 1.54) is 24.3 Å². The molecule has 0 saturated carbocycles. The van der Waals surface area contributed by atoms with Gasteiger partial charge in [-0.25, -0.2) is 9.18 Å². The zero-order valence-electron chi connectivity index (χ0n) is 17.9. The third-order valence-corrected chi connectivity index (χ3v) is 4.78. The van der Waals surface area contributed by atoms with Crippen LogP contribution in [0.2, 0.25) is 0 Å². The minimum Gasteiger partial charge on any atom is -0.387 e.